The predicted octanol–water partition coefficient (Wildman–Crippen LogP) is 3.54. The molecule has 1 rings (SSSR count). The van der Waals surface area contributed by atoms with E-state index in [1.54, 1.807) is 12.1 Å². The minimum absolute atomic E-state index is 0.397. The molecular formula is C11H14F. The Hall–Kier alpha value is -0.850. The molecule has 0 nitrogen and oxygen atoms in total. The molecular weight excluding hydrogens is 151 g/mol. The number of hydrogen-bond acceptors (Lipinski definition) is 0. The second kappa shape index (κ2) is 4.24. The van der Waals surface area contributed by atoms with Gasteiger partial charge in [-0.1, -0.05) is 38.1 Å². The van der Waals surface area contributed by atoms with Crippen LogP contribution in [0.1, 0.15) is 32.0 Å². The molecule has 1 unspecified atom stereocenters. The van der Waals surface area contributed by atoms with Crippen LogP contribution in [0.2, 0.25) is 0 Å². The third-order valence-corrected chi connectivity index (χ3v) is 1.75. The van der Waals surface area contributed by atoms with Crippen molar-refractivity contribution in [2.45, 2.75) is 26.4 Å². The van der Waals surface area contributed by atoms with Gasteiger partial charge in [0, 0.05) is 0 Å². The molecule has 1 aromatic carbocycles. The average molecular weight is 165 g/mol. The minimum Gasteiger partial charge on any atom is -0.242 e. The van der Waals surface area contributed by atoms with Gasteiger partial charge in [0.25, 0.3) is 0 Å². The molecule has 1 aromatic rings. The van der Waals surface area contributed by atoms with Gasteiger partial charge in [-0.2, -0.15) is 0 Å². The maximum Gasteiger partial charge on any atom is 0.126 e. The molecule has 0 aliphatic heterocycles. The standard InChI is InChI=1S/C11H14F/c1-9(2)8-11(12)10-6-4-3-5-7-10/h3-6,9,11H,8H2,1-2H3. The highest BCUT2D eigenvalue weighted by molar-refractivity contribution is 5.15. The van der Waals surface area contributed by atoms with Crippen LogP contribution in [-0.2, 0) is 0 Å². The monoisotopic (exact) mass is 165 g/mol. The van der Waals surface area contributed by atoms with Gasteiger partial charge in [0.2, 0.25) is 0 Å². The Morgan fingerprint density at radius 1 is 1.42 bits per heavy atom. The van der Waals surface area contributed by atoms with Crippen LogP contribution in [-0.4, -0.2) is 0 Å². The first kappa shape index (κ1) is 9.24. The first-order chi connectivity index (χ1) is 5.70. The van der Waals surface area contributed by atoms with Crippen LogP contribution in [0.15, 0.2) is 24.3 Å². The summed E-state index contributed by atoms with van der Waals surface area (Å²) in [4.78, 5) is 0. The van der Waals surface area contributed by atoms with E-state index >= 15 is 0 Å². The Bertz CT molecular complexity index is 216. The molecule has 0 saturated heterocycles. The number of halogens is 1. The summed E-state index contributed by atoms with van der Waals surface area (Å²) in [5.41, 5.74) is 0.672. The average Bonchev–Trinajstić information content (AvgIpc) is 2.05. The van der Waals surface area contributed by atoms with Crippen LogP contribution < -0.4 is 0 Å². The SMILES string of the molecule is CC(C)CC(F)c1[c]cccc1. The molecule has 0 saturated carbocycles. The summed E-state index contributed by atoms with van der Waals surface area (Å²) in [6.45, 7) is 4.05. The summed E-state index contributed by atoms with van der Waals surface area (Å²) >= 11 is 0. The highest BCUT2D eigenvalue weighted by Gasteiger charge is 2.10. The van der Waals surface area contributed by atoms with Crippen molar-refractivity contribution >= 4 is 0 Å². The van der Waals surface area contributed by atoms with E-state index in [1.807, 2.05) is 26.0 Å². The summed E-state index contributed by atoms with van der Waals surface area (Å²) in [6, 6.07) is 10.1. The normalized spacial score (nSPS) is 13.3. The lowest BCUT2D eigenvalue weighted by Gasteiger charge is -2.09. The smallest absolute Gasteiger partial charge is 0.126 e. The number of rotatable bonds is 3. The fourth-order valence-corrected chi connectivity index (χ4v) is 1.14. The molecule has 0 heterocycles. The number of benzene rings is 1. The number of hydrogen-bond donors (Lipinski definition) is 0. The van der Waals surface area contributed by atoms with Crippen molar-refractivity contribution in [2.24, 2.45) is 5.92 Å². The number of alkyl halides is 1. The Labute approximate surface area is 73.4 Å². The zero-order valence-electron chi connectivity index (χ0n) is 7.55. The highest BCUT2D eigenvalue weighted by Crippen LogP contribution is 2.23. The van der Waals surface area contributed by atoms with E-state index in [1.165, 1.54) is 0 Å². The van der Waals surface area contributed by atoms with Gasteiger partial charge in [-0.25, -0.2) is 4.39 Å². The Morgan fingerprint density at radius 3 is 2.67 bits per heavy atom. The molecule has 1 heteroatoms. The van der Waals surface area contributed by atoms with Gasteiger partial charge in [-0.3, -0.25) is 0 Å². The lowest BCUT2D eigenvalue weighted by molar-refractivity contribution is 0.289. The van der Waals surface area contributed by atoms with E-state index in [4.69, 9.17) is 0 Å². The van der Waals surface area contributed by atoms with Crippen molar-refractivity contribution in [3.05, 3.63) is 35.9 Å². The van der Waals surface area contributed by atoms with Gasteiger partial charge < -0.3 is 0 Å². The Kier molecular flexibility index (Phi) is 3.27. The van der Waals surface area contributed by atoms with E-state index in [-0.39, 0.29) is 0 Å². The maximum absolute atomic E-state index is 13.4. The van der Waals surface area contributed by atoms with Crippen LogP contribution in [0.4, 0.5) is 4.39 Å². The molecule has 0 aliphatic rings. The minimum atomic E-state index is -0.855. The van der Waals surface area contributed by atoms with E-state index in [0.717, 1.165) is 0 Å². The molecule has 0 fully saturated rings. The lowest BCUT2D eigenvalue weighted by atomic mass is 10.0. The molecule has 0 aliphatic carbocycles. The summed E-state index contributed by atoms with van der Waals surface area (Å²) in [6.07, 6.45) is -0.272. The lowest BCUT2D eigenvalue weighted by Crippen LogP contribution is -1.96. The Balaban J connectivity index is 2.59. The summed E-state index contributed by atoms with van der Waals surface area (Å²) in [5.74, 6) is 0.397. The van der Waals surface area contributed by atoms with Gasteiger partial charge in [0.05, 0.1) is 0 Å². The first-order valence-corrected chi connectivity index (χ1v) is 4.31. The molecule has 0 bridgehead atoms. The zero-order chi connectivity index (χ0) is 8.97. The van der Waals surface area contributed by atoms with E-state index in [0.29, 0.717) is 17.9 Å². The quantitative estimate of drug-likeness (QED) is 0.642. The molecule has 12 heavy (non-hydrogen) atoms. The van der Waals surface area contributed by atoms with Gasteiger partial charge in [0.1, 0.15) is 6.17 Å². The summed E-state index contributed by atoms with van der Waals surface area (Å²) < 4.78 is 13.4. The molecule has 65 valence electrons. The van der Waals surface area contributed by atoms with E-state index in [2.05, 4.69) is 6.07 Å². The third kappa shape index (κ3) is 2.65. The van der Waals surface area contributed by atoms with Crippen molar-refractivity contribution in [1.82, 2.24) is 0 Å². The van der Waals surface area contributed by atoms with Gasteiger partial charge in [-0.05, 0) is 24.0 Å². The van der Waals surface area contributed by atoms with Crippen molar-refractivity contribution in [2.75, 3.05) is 0 Å². The van der Waals surface area contributed by atoms with Crippen LogP contribution >= 0.6 is 0 Å². The topological polar surface area (TPSA) is 0 Å². The van der Waals surface area contributed by atoms with Crippen molar-refractivity contribution in [3.63, 3.8) is 0 Å². The van der Waals surface area contributed by atoms with Crippen molar-refractivity contribution in [3.8, 4) is 0 Å². The van der Waals surface area contributed by atoms with Crippen LogP contribution in [0.5, 0.6) is 0 Å². The van der Waals surface area contributed by atoms with E-state index < -0.39 is 6.17 Å². The molecule has 0 N–H and O–H groups in total. The zero-order valence-corrected chi connectivity index (χ0v) is 7.55. The van der Waals surface area contributed by atoms with Crippen molar-refractivity contribution < 1.29 is 4.39 Å². The molecule has 0 aromatic heterocycles. The highest BCUT2D eigenvalue weighted by atomic mass is 19.1. The van der Waals surface area contributed by atoms with Crippen LogP contribution in [0.25, 0.3) is 0 Å². The van der Waals surface area contributed by atoms with Crippen molar-refractivity contribution in [1.29, 1.82) is 0 Å². The third-order valence-electron chi connectivity index (χ3n) is 1.75. The molecule has 0 amide bonds. The summed E-state index contributed by atoms with van der Waals surface area (Å²) in [7, 11) is 0. The van der Waals surface area contributed by atoms with Crippen LogP contribution in [0.3, 0.4) is 0 Å². The largest absolute Gasteiger partial charge is 0.242 e. The second-order valence-electron chi connectivity index (χ2n) is 3.41. The summed E-state index contributed by atoms with van der Waals surface area (Å²) in [5, 5.41) is 0. The maximum atomic E-state index is 13.4. The fraction of sp³-hybridized carbons (Fsp3) is 0.455. The van der Waals surface area contributed by atoms with Gasteiger partial charge in [-0.15, -0.1) is 0 Å². The molecule has 0 spiro atoms. The van der Waals surface area contributed by atoms with Gasteiger partial charge in [0.15, 0.2) is 0 Å². The molecule has 1 radical (unpaired) electrons. The predicted molar refractivity (Wildman–Crippen MR) is 48.6 cm³/mol. The Morgan fingerprint density at radius 2 is 2.17 bits per heavy atom. The second-order valence-corrected chi connectivity index (χ2v) is 3.41. The van der Waals surface area contributed by atoms with Gasteiger partial charge >= 0.3 is 0 Å². The van der Waals surface area contributed by atoms with Crippen LogP contribution in [0, 0.1) is 12.0 Å². The van der Waals surface area contributed by atoms with E-state index in [9.17, 15) is 4.39 Å². The first-order valence-electron chi connectivity index (χ1n) is 4.31. The fourth-order valence-electron chi connectivity index (χ4n) is 1.14. The molecule has 1 atom stereocenters.